The van der Waals surface area contributed by atoms with Crippen LogP contribution in [-0.4, -0.2) is 30.5 Å². The van der Waals surface area contributed by atoms with Crippen molar-refractivity contribution in [2.75, 3.05) is 29.5 Å². The van der Waals surface area contributed by atoms with E-state index in [1.807, 2.05) is 11.8 Å². The monoisotopic (exact) mass is 332 g/mol. The molecule has 0 radical (unpaired) electrons. The summed E-state index contributed by atoms with van der Waals surface area (Å²) < 4.78 is 0. The molecule has 1 saturated heterocycles. The molecule has 4 heteroatoms. The molecule has 1 aliphatic heterocycles. The van der Waals surface area contributed by atoms with Crippen LogP contribution in [0.2, 0.25) is 0 Å². The van der Waals surface area contributed by atoms with Crippen LogP contribution in [0.25, 0.3) is 0 Å². The van der Waals surface area contributed by atoms with Gasteiger partial charge in [0.25, 0.3) is 0 Å². The van der Waals surface area contributed by atoms with E-state index in [9.17, 15) is 4.79 Å². The molecule has 0 spiro atoms. The molecule has 1 aromatic rings. The van der Waals surface area contributed by atoms with E-state index in [1.54, 1.807) is 0 Å². The van der Waals surface area contributed by atoms with E-state index in [4.69, 9.17) is 0 Å². The first-order valence-corrected chi connectivity index (χ1v) is 10.1. The molecule has 1 N–H and O–H groups in total. The van der Waals surface area contributed by atoms with Gasteiger partial charge in [-0.3, -0.25) is 4.79 Å². The second-order valence-corrected chi connectivity index (χ2v) is 7.96. The number of hydrogen-bond donors (Lipinski definition) is 1. The van der Waals surface area contributed by atoms with E-state index < -0.39 is 0 Å². The van der Waals surface area contributed by atoms with Gasteiger partial charge in [-0.15, -0.1) is 0 Å². The number of rotatable bonds is 6. The lowest BCUT2D eigenvalue weighted by molar-refractivity contribution is -0.121. The minimum atomic E-state index is 0.203. The van der Waals surface area contributed by atoms with Crippen molar-refractivity contribution in [3.05, 3.63) is 29.8 Å². The summed E-state index contributed by atoms with van der Waals surface area (Å²) in [4.78, 5) is 14.4. The molecule has 0 unspecified atom stereocenters. The highest BCUT2D eigenvalue weighted by Crippen LogP contribution is 2.28. The predicted molar refractivity (Wildman–Crippen MR) is 99.0 cm³/mol. The average molecular weight is 333 g/mol. The van der Waals surface area contributed by atoms with Crippen molar-refractivity contribution >= 4 is 23.4 Å². The summed E-state index contributed by atoms with van der Waals surface area (Å²) in [5.41, 5.74) is 2.50. The van der Waals surface area contributed by atoms with Crippen LogP contribution in [0.3, 0.4) is 0 Å². The third kappa shape index (κ3) is 5.17. The molecule has 1 amide bonds. The molecular formula is C19H28N2OS. The summed E-state index contributed by atoms with van der Waals surface area (Å²) in [6.45, 7) is 2.93. The SMILES string of the molecule is O=C(CCC1CCCC1)NCc1ccc(N2CCSCC2)cc1. The van der Waals surface area contributed by atoms with Crippen molar-refractivity contribution < 1.29 is 4.79 Å². The largest absolute Gasteiger partial charge is 0.370 e. The zero-order chi connectivity index (χ0) is 15.9. The highest BCUT2D eigenvalue weighted by atomic mass is 32.2. The lowest BCUT2D eigenvalue weighted by Crippen LogP contribution is -2.32. The molecule has 1 aliphatic carbocycles. The Morgan fingerprint density at radius 3 is 2.52 bits per heavy atom. The fraction of sp³-hybridized carbons (Fsp3) is 0.632. The van der Waals surface area contributed by atoms with E-state index in [0.29, 0.717) is 13.0 Å². The number of nitrogens with zero attached hydrogens (tertiary/aromatic N) is 1. The molecule has 0 atom stereocenters. The molecular weight excluding hydrogens is 304 g/mol. The Morgan fingerprint density at radius 2 is 1.83 bits per heavy atom. The number of amides is 1. The van der Waals surface area contributed by atoms with Gasteiger partial charge in [0.1, 0.15) is 0 Å². The molecule has 0 aromatic heterocycles. The number of thioether (sulfide) groups is 1. The van der Waals surface area contributed by atoms with Crippen molar-refractivity contribution in [3.8, 4) is 0 Å². The number of nitrogens with one attached hydrogen (secondary N) is 1. The van der Waals surface area contributed by atoms with Crippen molar-refractivity contribution in [2.45, 2.75) is 45.1 Å². The van der Waals surface area contributed by atoms with Gasteiger partial charge >= 0.3 is 0 Å². The quantitative estimate of drug-likeness (QED) is 0.859. The predicted octanol–water partition coefficient (Wildman–Crippen LogP) is 3.83. The summed E-state index contributed by atoms with van der Waals surface area (Å²) in [7, 11) is 0. The van der Waals surface area contributed by atoms with Crippen LogP contribution >= 0.6 is 11.8 Å². The maximum Gasteiger partial charge on any atom is 0.220 e. The van der Waals surface area contributed by atoms with Gasteiger partial charge in [0, 0.05) is 43.2 Å². The summed E-state index contributed by atoms with van der Waals surface area (Å²) in [5, 5.41) is 3.07. The Kier molecular flexibility index (Phi) is 6.26. The van der Waals surface area contributed by atoms with Crippen molar-refractivity contribution in [3.63, 3.8) is 0 Å². The number of carbonyl (C=O) groups is 1. The van der Waals surface area contributed by atoms with Gasteiger partial charge in [0.2, 0.25) is 5.91 Å². The summed E-state index contributed by atoms with van der Waals surface area (Å²) in [6, 6.07) is 8.68. The zero-order valence-electron chi connectivity index (χ0n) is 13.9. The summed E-state index contributed by atoms with van der Waals surface area (Å²) in [5.74, 6) is 3.44. The van der Waals surface area contributed by atoms with Gasteiger partial charge in [-0.1, -0.05) is 37.8 Å². The third-order valence-electron chi connectivity index (χ3n) is 5.06. The lowest BCUT2D eigenvalue weighted by atomic mass is 10.0. The van der Waals surface area contributed by atoms with E-state index in [1.165, 1.54) is 48.4 Å². The van der Waals surface area contributed by atoms with Crippen LogP contribution in [0.5, 0.6) is 0 Å². The zero-order valence-corrected chi connectivity index (χ0v) is 14.7. The van der Waals surface area contributed by atoms with Gasteiger partial charge in [-0.05, 0) is 30.0 Å². The minimum Gasteiger partial charge on any atom is -0.370 e. The van der Waals surface area contributed by atoms with E-state index in [2.05, 4.69) is 34.5 Å². The van der Waals surface area contributed by atoms with Crippen molar-refractivity contribution in [1.29, 1.82) is 0 Å². The molecule has 0 bridgehead atoms. The molecule has 1 heterocycles. The second-order valence-electron chi connectivity index (χ2n) is 6.73. The van der Waals surface area contributed by atoms with Crippen molar-refractivity contribution in [1.82, 2.24) is 5.32 Å². The van der Waals surface area contributed by atoms with Crippen LogP contribution in [0, 0.1) is 5.92 Å². The van der Waals surface area contributed by atoms with Gasteiger partial charge in [-0.25, -0.2) is 0 Å². The minimum absolute atomic E-state index is 0.203. The maximum absolute atomic E-state index is 12.0. The fourth-order valence-corrected chi connectivity index (χ4v) is 4.47. The van der Waals surface area contributed by atoms with Gasteiger partial charge in [0.15, 0.2) is 0 Å². The number of benzene rings is 1. The molecule has 23 heavy (non-hydrogen) atoms. The Labute approximate surface area is 144 Å². The van der Waals surface area contributed by atoms with Crippen LogP contribution < -0.4 is 10.2 Å². The standard InChI is InChI=1S/C19H28N2OS/c22-19(10-7-16-3-1-2-4-16)20-15-17-5-8-18(9-6-17)21-11-13-23-14-12-21/h5-6,8-9,16H,1-4,7,10-15H2,(H,20,22). The number of carbonyl (C=O) groups excluding carboxylic acids is 1. The smallest absolute Gasteiger partial charge is 0.220 e. The first-order chi connectivity index (χ1) is 11.3. The third-order valence-corrected chi connectivity index (χ3v) is 6.00. The number of anilines is 1. The summed E-state index contributed by atoms with van der Waals surface area (Å²) >= 11 is 2.03. The highest BCUT2D eigenvalue weighted by molar-refractivity contribution is 7.99. The molecule has 3 nitrogen and oxygen atoms in total. The lowest BCUT2D eigenvalue weighted by Gasteiger charge is -2.28. The second kappa shape index (κ2) is 8.62. The Balaban J connectivity index is 1.40. The average Bonchev–Trinajstić information content (AvgIpc) is 3.13. The normalized spacial score (nSPS) is 19.0. The molecule has 1 saturated carbocycles. The fourth-order valence-electron chi connectivity index (χ4n) is 3.57. The number of hydrogen-bond acceptors (Lipinski definition) is 3. The van der Waals surface area contributed by atoms with Crippen LogP contribution in [0.1, 0.15) is 44.1 Å². The highest BCUT2D eigenvalue weighted by Gasteiger charge is 2.16. The van der Waals surface area contributed by atoms with Gasteiger partial charge < -0.3 is 10.2 Å². The molecule has 1 aromatic carbocycles. The summed E-state index contributed by atoms with van der Waals surface area (Å²) in [6.07, 6.45) is 7.11. The first-order valence-electron chi connectivity index (χ1n) is 8.99. The van der Waals surface area contributed by atoms with E-state index in [0.717, 1.165) is 25.4 Å². The first kappa shape index (κ1) is 16.7. The van der Waals surface area contributed by atoms with E-state index in [-0.39, 0.29) is 5.91 Å². The molecule has 2 fully saturated rings. The maximum atomic E-state index is 12.0. The Morgan fingerprint density at radius 1 is 1.13 bits per heavy atom. The van der Waals surface area contributed by atoms with Crippen molar-refractivity contribution in [2.24, 2.45) is 5.92 Å². The topological polar surface area (TPSA) is 32.3 Å². The Bertz CT molecular complexity index is 491. The Hall–Kier alpha value is -1.16. The van der Waals surface area contributed by atoms with E-state index >= 15 is 0 Å². The van der Waals surface area contributed by atoms with Gasteiger partial charge in [0.05, 0.1) is 0 Å². The molecule has 3 rings (SSSR count). The van der Waals surface area contributed by atoms with Crippen LogP contribution in [0.15, 0.2) is 24.3 Å². The van der Waals surface area contributed by atoms with Crippen LogP contribution in [0.4, 0.5) is 5.69 Å². The molecule has 2 aliphatic rings. The van der Waals surface area contributed by atoms with Crippen LogP contribution in [-0.2, 0) is 11.3 Å². The molecule has 126 valence electrons. The van der Waals surface area contributed by atoms with Gasteiger partial charge in [-0.2, -0.15) is 11.8 Å².